The van der Waals surface area contributed by atoms with Crippen molar-refractivity contribution in [2.75, 3.05) is 39.8 Å². The van der Waals surface area contributed by atoms with Crippen LogP contribution in [0.2, 0.25) is 0 Å². The van der Waals surface area contributed by atoms with Crippen molar-refractivity contribution in [2.24, 2.45) is 11.8 Å². The molecule has 0 bridgehead atoms. The number of carbonyl (C=O) groups excluding carboxylic acids is 1. The maximum Gasteiger partial charge on any atom is 0.243 e. The summed E-state index contributed by atoms with van der Waals surface area (Å²) in [6, 6.07) is 6.41. The van der Waals surface area contributed by atoms with Gasteiger partial charge in [-0.3, -0.25) is 4.79 Å². The van der Waals surface area contributed by atoms with E-state index < -0.39 is 10.0 Å². The van der Waals surface area contributed by atoms with E-state index >= 15 is 0 Å². The maximum absolute atomic E-state index is 12.8. The molecule has 1 atom stereocenters. The van der Waals surface area contributed by atoms with Gasteiger partial charge in [-0.2, -0.15) is 4.31 Å². The molecule has 8 heteroatoms. The molecular weight excluding hydrogens is 366 g/mol. The van der Waals surface area contributed by atoms with Crippen LogP contribution in [0.3, 0.4) is 0 Å². The maximum atomic E-state index is 12.8. The molecule has 3 rings (SSSR count). The Morgan fingerprint density at radius 2 is 1.93 bits per heavy atom. The van der Waals surface area contributed by atoms with Gasteiger partial charge in [-0.15, -0.1) is 0 Å². The minimum atomic E-state index is -3.53. The third-order valence-corrected chi connectivity index (χ3v) is 7.40. The molecule has 0 spiro atoms. The van der Waals surface area contributed by atoms with Crippen molar-refractivity contribution in [3.05, 3.63) is 24.3 Å². The zero-order valence-corrected chi connectivity index (χ0v) is 16.6. The van der Waals surface area contributed by atoms with E-state index in [1.807, 2.05) is 0 Å². The minimum Gasteiger partial charge on any atom is -0.497 e. The van der Waals surface area contributed by atoms with Gasteiger partial charge < -0.3 is 15.4 Å². The van der Waals surface area contributed by atoms with Crippen LogP contribution < -0.4 is 15.4 Å². The summed E-state index contributed by atoms with van der Waals surface area (Å²) in [5, 5.41) is 6.41. The average molecular weight is 396 g/mol. The van der Waals surface area contributed by atoms with Crippen LogP contribution in [0.15, 0.2) is 29.2 Å². The summed E-state index contributed by atoms with van der Waals surface area (Å²) in [4.78, 5) is 12.7. The topological polar surface area (TPSA) is 87.7 Å². The molecule has 0 radical (unpaired) electrons. The highest BCUT2D eigenvalue weighted by Gasteiger charge is 2.32. The van der Waals surface area contributed by atoms with E-state index in [4.69, 9.17) is 4.74 Å². The van der Waals surface area contributed by atoms with Crippen LogP contribution in [0.25, 0.3) is 0 Å². The molecule has 2 aliphatic heterocycles. The van der Waals surface area contributed by atoms with Gasteiger partial charge in [0.25, 0.3) is 0 Å². The van der Waals surface area contributed by atoms with E-state index in [9.17, 15) is 13.2 Å². The highest BCUT2D eigenvalue weighted by Crippen LogP contribution is 2.25. The van der Waals surface area contributed by atoms with Crippen LogP contribution in [0.1, 0.15) is 25.7 Å². The Kier molecular flexibility index (Phi) is 6.73. The zero-order valence-electron chi connectivity index (χ0n) is 15.8. The molecule has 150 valence electrons. The molecule has 2 fully saturated rings. The Morgan fingerprint density at radius 1 is 1.22 bits per heavy atom. The van der Waals surface area contributed by atoms with Crippen LogP contribution in [-0.4, -0.2) is 58.5 Å². The van der Waals surface area contributed by atoms with E-state index in [-0.39, 0.29) is 16.7 Å². The molecule has 2 N–H and O–H groups in total. The highest BCUT2D eigenvalue weighted by molar-refractivity contribution is 7.89. The first-order chi connectivity index (χ1) is 13.0. The molecule has 27 heavy (non-hydrogen) atoms. The smallest absolute Gasteiger partial charge is 0.243 e. The van der Waals surface area contributed by atoms with E-state index in [0.29, 0.717) is 44.1 Å². The molecular formula is C19H29N3O4S. The first kappa shape index (κ1) is 20.1. The molecule has 2 heterocycles. The standard InChI is InChI=1S/C19H29N3O4S/c1-26-17-4-6-18(7-5-17)27(24,25)22-11-8-16(9-12-22)19(23)21-14-15-3-2-10-20-13-15/h4-7,15-16,20H,2-3,8-14H2,1H3,(H,21,23). The van der Waals surface area contributed by atoms with Crippen LogP contribution in [0, 0.1) is 11.8 Å². The van der Waals surface area contributed by atoms with Crippen molar-refractivity contribution in [3.8, 4) is 5.75 Å². The predicted octanol–water partition coefficient (Wildman–Crippen LogP) is 1.21. The van der Waals surface area contributed by atoms with Gasteiger partial charge in [-0.25, -0.2) is 8.42 Å². The number of sulfonamides is 1. The fourth-order valence-electron chi connectivity index (χ4n) is 3.74. The molecule has 1 amide bonds. The molecule has 2 aliphatic rings. The number of hydrogen-bond donors (Lipinski definition) is 2. The first-order valence-corrected chi connectivity index (χ1v) is 11.1. The van der Waals surface area contributed by atoms with Crippen molar-refractivity contribution >= 4 is 15.9 Å². The molecule has 1 unspecified atom stereocenters. The number of nitrogens with one attached hydrogen (secondary N) is 2. The SMILES string of the molecule is COc1ccc(S(=O)(=O)N2CCC(C(=O)NCC3CCCNC3)CC2)cc1. The summed E-state index contributed by atoms with van der Waals surface area (Å²) in [6.07, 6.45) is 3.42. The Labute approximate surface area is 161 Å². The number of amides is 1. The van der Waals surface area contributed by atoms with Crippen LogP contribution in [0.4, 0.5) is 0 Å². The van der Waals surface area contributed by atoms with Crippen molar-refractivity contribution in [2.45, 2.75) is 30.6 Å². The molecule has 0 aliphatic carbocycles. The highest BCUT2D eigenvalue weighted by atomic mass is 32.2. The average Bonchev–Trinajstić information content (AvgIpc) is 2.73. The lowest BCUT2D eigenvalue weighted by Gasteiger charge is -2.31. The number of carbonyl (C=O) groups is 1. The van der Waals surface area contributed by atoms with Crippen molar-refractivity contribution < 1.29 is 17.9 Å². The molecule has 7 nitrogen and oxygen atoms in total. The second-order valence-electron chi connectivity index (χ2n) is 7.31. The summed E-state index contributed by atoms with van der Waals surface area (Å²) >= 11 is 0. The monoisotopic (exact) mass is 395 g/mol. The first-order valence-electron chi connectivity index (χ1n) is 9.63. The second kappa shape index (κ2) is 9.03. The van der Waals surface area contributed by atoms with Crippen molar-refractivity contribution in [1.29, 1.82) is 0 Å². The summed E-state index contributed by atoms with van der Waals surface area (Å²) in [6.45, 7) is 3.47. The lowest BCUT2D eigenvalue weighted by atomic mass is 9.96. The van der Waals surface area contributed by atoms with Gasteiger partial charge in [0.05, 0.1) is 12.0 Å². The number of ether oxygens (including phenoxy) is 1. The van der Waals surface area contributed by atoms with Crippen LogP contribution in [-0.2, 0) is 14.8 Å². The summed E-state index contributed by atoms with van der Waals surface area (Å²) in [5.74, 6) is 1.07. The normalized spacial score (nSPS) is 22.3. The summed E-state index contributed by atoms with van der Waals surface area (Å²) < 4.78 is 32.1. The third-order valence-electron chi connectivity index (χ3n) is 5.49. The fourth-order valence-corrected chi connectivity index (χ4v) is 5.21. The molecule has 2 saturated heterocycles. The lowest BCUT2D eigenvalue weighted by molar-refractivity contribution is -0.126. The van der Waals surface area contributed by atoms with Gasteiger partial charge in [-0.05, 0) is 69.0 Å². The number of rotatable bonds is 6. The number of hydrogen-bond acceptors (Lipinski definition) is 5. The molecule has 1 aromatic rings. The van der Waals surface area contributed by atoms with E-state index in [1.54, 1.807) is 31.4 Å². The molecule has 1 aromatic carbocycles. The third kappa shape index (κ3) is 5.00. The van der Waals surface area contributed by atoms with Gasteiger partial charge in [0, 0.05) is 25.6 Å². The van der Waals surface area contributed by atoms with Crippen LogP contribution >= 0.6 is 0 Å². The number of methoxy groups -OCH3 is 1. The van der Waals surface area contributed by atoms with Crippen molar-refractivity contribution in [1.82, 2.24) is 14.9 Å². The summed E-state index contributed by atoms with van der Waals surface area (Å²) in [7, 11) is -1.98. The molecule has 0 aromatic heterocycles. The molecule has 0 saturated carbocycles. The van der Waals surface area contributed by atoms with Crippen LogP contribution in [0.5, 0.6) is 5.75 Å². The quantitative estimate of drug-likeness (QED) is 0.756. The Morgan fingerprint density at radius 3 is 2.52 bits per heavy atom. The summed E-state index contributed by atoms with van der Waals surface area (Å²) in [5.41, 5.74) is 0. The minimum absolute atomic E-state index is 0.0575. The van der Waals surface area contributed by atoms with Crippen molar-refractivity contribution in [3.63, 3.8) is 0 Å². The van der Waals surface area contributed by atoms with Gasteiger partial charge in [0.1, 0.15) is 5.75 Å². The zero-order chi connectivity index (χ0) is 19.3. The second-order valence-corrected chi connectivity index (χ2v) is 9.25. The van der Waals surface area contributed by atoms with E-state index in [2.05, 4.69) is 10.6 Å². The Hall–Kier alpha value is -1.64. The van der Waals surface area contributed by atoms with E-state index in [0.717, 1.165) is 25.9 Å². The van der Waals surface area contributed by atoms with Gasteiger partial charge in [-0.1, -0.05) is 0 Å². The fraction of sp³-hybridized carbons (Fsp3) is 0.632. The van der Waals surface area contributed by atoms with E-state index in [1.165, 1.54) is 4.31 Å². The Balaban J connectivity index is 1.50. The number of piperidine rings is 2. The van der Waals surface area contributed by atoms with Gasteiger partial charge in [0.2, 0.25) is 15.9 Å². The largest absolute Gasteiger partial charge is 0.497 e. The Bertz CT molecular complexity index is 722. The number of benzene rings is 1. The van der Waals surface area contributed by atoms with Gasteiger partial charge >= 0.3 is 0 Å². The predicted molar refractivity (Wildman–Crippen MR) is 103 cm³/mol. The number of nitrogens with zero attached hydrogens (tertiary/aromatic N) is 1. The van der Waals surface area contributed by atoms with Gasteiger partial charge in [0.15, 0.2) is 0 Å². The lowest BCUT2D eigenvalue weighted by Crippen LogP contribution is -2.45.